The Kier molecular flexibility index (Phi) is 6.40. The van der Waals surface area contributed by atoms with E-state index in [2.05, 4.69) is 10.2 Å². The molecule has 0 aliphatic heterocycles. The van der Waals surface area contributed by atoms with Crippen LogP contribution in [0.2, 0.25) is 0 Å². The van der Waals surface area contributed by atoms with Gasteiger partial charge in [0.1, 0.15) is 0 Å². The molecule has 0 bridgehead atoms. The molecular formula is C7H16N2OS. The van der Waals surface area contributed by atoms with Crippen LogP contribution in [0.15, 0.2) is 11.1 Å². The van der Waals surface area contributed by atoms with Gasteiger partial charge < -0.3 is 15.3 Å². The normalized spacial score (nSPS) is 12.3. The van der Waals surface area contributed by atoms with Crippen LogP contribution in [0.25, 0.3) is 0 Å². The number of nitrogens with zero attached hydrogens (tertiary/aromatic N) is 1. The first-order valence-corrected chi connectivity index (χ1v) is 4.49. The van der Waals surface area contributed by atoms with E-state index in [4.69, 9.17) is 5.11 Å². The van der Waals surface area contributed by atoms with E-state index >= 15 is 0 Å². The second-order valence-electron chi connectivity index (χ2n) is 2.43. The number of hydrogen-bond donors (Lipinski definition) is 2. The SMILES string of the molecule is CN/C(=C\SCO)CN(C)C. The lowest BCUT2D eigenvalue weighted by Gasteiger charge is -2.12. The molecule has 0 spiro atoms. The zero-order valence-electron chi connectivity index (χ0n) is 7.29. The van der Waals surface area contributed by atoms with E-state index in [1.54, 1.807) is 0 Å². The number of rotatable bonds is 5. The maximum atomic E-state index is 8.52. The quantitative estimate of drug-likeness (QED) is 0.590. The summed E-state index contributed by atoms with van der Waals surface area (Å²) in [5.41, 5.74) is 1.12. The highest BCUT2D eigenvalue weighted by molar-refractivity contribution is 8.01. The molecule has 0 aromatic rings. The summed E-state index contributed by atoms with van der Waals surface area (Å²) in [4.78, 5) is 2.07. The highest BCUT2D eigenvalue weighted by atomic mass is 32.2. The number of hydrogen-bond acceptors (Lipinski definition) is 4. The molecule has 4 heteroatoms. The fraction of sp³-hybridized carbons (Fsp3) is 0.714. The Morgan fingerprint density at radius 1 is 1.64 bits per heavy atom. The van der Waals surface area contributed by atoms with Crippen molar-refractivity contribution in [2.75, 3.05) is 33.6 Å². The number of aliphatic hydroxyl groups is 1. The molecule has 3 nitrogen and oxygen atoms in total. The topological polar surface area (TPSA) is 35.5 Å². The van der Waals surface area contributed by atoms with Crippen LogP contribution >= 0.6 is 11.8 Å². The summed E-state index contributed by atoms with van der Waals surface area (Å²) in [7, 11) is 5.90. The Labute approximate surface area is 72.5 Å². The number of nitrogens with one attached hydrogen (secondary N) is 1. The third kappa shape index (κ3) is 6.22. The van der Waals surface area contributed by atoms with Crippen LogP contribution in [0.5, 0.6) is 0 Å². The molecule has 0 aromatic heterocycles. The predicted octanol–water partition coefficient (Wildman–Crippen LogP) is 0.292. The van der Waals surface area contributed by atoms with Crippen LogP contribution in [0.4, 0.5) is 0 Å². The van der Waals surface area contributed by atoms with E-state index in [9.17, 15) is 0 Å². The second kappa shape index (κ2) is 6.52. The molecule has 0 aromatic carbocycles. The van der Waals surface area contributed by atoms with E-state index in [1.165, 1.54) is 11.8 Å². The molecule has 0 atom stereocenters. The molecule has 11 heavy (non-hydrogen) atoms. The number of thioether (sulfide) groups is 1. The average molecular weight is 176 g/mol. The molecule has 0 aliphatic rings. The standard InChI is InChI=1S/C7H16N2OS/c1-8-7(4-9(2)3)5-11-6-10/h5,8,10H,4,6H2,1-3H3/b7-5-. The van der Waals surface area contributed by atoms with Crippen molar-refractivity contribution >= 4 is 11.8 Å². The zero-order chi connectivity index (χ0) is 8.69. The summed E-state index contributed by atoms with van der Waals surface area (Å²) < 4.78 is 0. The van der Waals surface area contributed by atoms with Gasteiger partial charge >= 0.3 is 0 Å². The van der Waals surface area contributed by atoms with Crippen molar-refractivity contribution in [3.05, 3.63) is 11.1 Å². The third-order valence-corrected chi connectivity index (χ3v) is 1.71. The Morgan fingerprint density at radius 2 is 2.27 bits per heavy atom. The van der Waals surface area contributed by atoms with E-state index in [0.29, 0.717) is 0 Å². The molecule has 66 valence electrons. The van der Waals surface area contributed by atoms with Crippen molar-refractivity contribution in [2.24, 2.45) is 0 Å². The van der Waals surface area contributed by atoms with Crippen molar-refractivity contribution in [1.82, 2.24) is 10.2 Å². The van der Waals surface area contributed by atoms with Gasteiger partial charge in [0.25, 0.3) is 0 Å². The number of aliphatic hydroxyl groups excluding tert-OH is 1. The Bertz CT molecular complexity index is 126. The molecule has 0 saturated carbocycles. The lowest BCUT2D eigenvalue weighted by atomic mass is 10.4. The smallest absolute Gasteiger partial charge is 0.0926 e. The summed E-state index contributed by atoms with van der Waals surface area (Å²) in [5, 5.41) is 13.5. The zero-order valence-corrected chi connectivity index (χ0v) is 8.11. The maximum absolute atomic E-state index is 8.52. The first-order chi connectivity index (χ1) is 5.20. The van der Waals surface area contributed by atoms with Gasteiger partial charge in [-0.2, -0.15) is 0 Å². The molecular weight excluding hydrogens is 160 g/mol. The minimum Gasteiger partial charge on any atom is -0.390 e. The van der Waals surface area contributed by atoms with Crippen molar-refractivity contribution in [3.63, 3.8) is 0 Å². The highest BCUT2D eigenvalue weighted by Gasteiger charge is 1.94. The van der Waals surface area contributed by atoms with Crippen LogP contribution in [-0.2, 0) is 0 Å². The van der Waals surface area contributed by atoms with Crippen LogP contribution < -0.4 is 5.32 Å². The highest BCUT2D eigenvalue weighted by Crippen LogP contribution is 2.03. The van der Waals surface area contributed by atoms with Crippen molar-refractivity contribution in [2.45, 2.75) is 0 Å². The van der Waals surface area contributed by atoms with Gasteiger partial charge in [0.15, 0.2) is 0 Å². The largest absolute Gasteiger partial charge is 0.390 e. The van der Waals surface area contributed by atoms with E-state index in [-0.39, 0.29) is 5.94 Å². The van der Waals surface area contributed by atoms with E-state index < -0.39 is 0 Å². The van der Waals surface area contributed by atoms with Gasteiger partial charge in [-0.15, -0.1) is 11.8 Å². The van der Waals surface area contributed by atoms with Gasteiger partial charge in [-0.3, -0.25) is 0 Å². The molecule has 0 amide bonds. The second-order valence-corrected chi connectivity index (χ2v) is 3.25. The van der Waals surface area contributed by atoms with Gasteiger partial charge in [0.2, 0.25) is 0 Å². The summed E-state index contributed by atoms with van der Waals surface area (Å²) in [6.45, 7) is 0.878. The third-order valence-electron chi connectivity index (χ3n) is 1.11. The molecule has 0 rings (SSSR count). The van der Waals surface area contributed by atoms with Crippen LogP contribution in [-0.4, -0.2) is 43.6 Å². The van der Waals surface area contributed by atoms with E-state index in [0.717, 1.165) is 12.2 Å². The fourth-order valence-corrected chi connectivity index (χ4v) is 1.12. The first kappa shape index (κ1) is 10.8. The summed E-state index contributed by atoms with van der Waals surface area (Å²) in [6, 6.07) is 0. The van der Waals surface area contributed by atoms with Crippen LogP contribution in [0.1, 0.15) is 0 Å². The maximum Gasteiger partial charge on any atom is 0.0926 e. The molecule has 0 aliphatic carbocycles. The minimum absolute atomic E-state index is 0.138. The molecule has 0 unspecified atom stereocenters. The first-order valence-electron chi connectivity index (χ1n) is 3.44. The molecule has 0 radical (unpaired) electrons. The minimum atomic E-state index is 0.138. The summed E-state index contributed by atoms with van der Waals surface area (Å²) >= 11 is 1.39. The molecule has 0 fully saturated rings. The van der Waals surface area contributed by atoms with Gasteiger partial charge in [-0.25, -0.2) is 0 Å². The molecule has 0 saturated heterocycles. The summed E-state index contributed by atoms with van der Waals surface area (Å²) in [6.07, 6.45) is 0. The molecule has 2 N–H and O–H groups in total. The Balaban J connectivity index is 3.73. The molecule has 0 heterocycles. The van der Waals surface area contributed by atoms with Crippen molar-refractivity contribution in [1.29, 1.82) is 0 Å². The summed E-state index contributed by atoms with van der Waals surface area (Å²) in [5.74, 6) is 0.138. The fourth-order valence-electron chi connectivity index (χ4n) is 0.654. The number of likely N-dealkylation sites (N-methyl/N-ethyl adjacent to an activating group) is 2. The van der Waals surface area contributed by atoms with Gasteiger partial charge in [-0.05, 0) is 19.5 Å². The van der Waals surface area contributed by atoms with E-state index in [1.807, 2.05) is 26.6 Å². The Morgan fingerprint density at radius 3 is 2.64 bits per heavy atom. The monoisotopic (exact) mass is 176 g/mol. The lowest BCUT2D eigenvalue weighted by Crippen LogP contribution is -2.21. The van der Waals surface area contributed by atoms with Crippen LogP contribution in [0, 0.1) is 0 Å². The van der Waals surface area contributed by atoms with Gasteiger partial charge in [0.05, 0.1) is 5.94 Å². The van der Waals surface area contributed by atoms with Gasteiger partial charge in [-0.1, -0.05) is 0 Å². The lowest BCUT2D eigenvalue weighted by molar-refractivity contribution is 0.376. The Hall–Kier alpha value is -0.190. The van der Waals surface area contributed by atoms with Crippen molar-refractivity contribution < 1.29 is 5.11 Å². The predicted molar refractivity (Wildman–Crippen MR) is 50.4 cm³/mol. The van der Waals surface area contributed by atoms with Crippen LogP contribution in [0.3, 0.4) is 0 Å². The average Bonchev–Trinajstić information content (AvgIpc) is 1.97. The van der Waals surface area contributed by atoms with Gasteiger partial charge in [0, 0.05) is 19.3 Å². The van der Waals surface area contributed by atoms with Crippen molar-refractivity contribution in [3.8, 4) is 0 Å².